The van der Waals surface area contributed by atoms with Crippen molar-refractivity contribution in [2.45, 2.75) is 13.5 Å². The number of rotatable bonds is 5. The lowest BCUT2D eigenvalue weighted by atomic mass is 10.3. The summed E-state index contributed by atoms with van der Waals surface area (Å²) in [6, 6.07) is 3.84. The van der Waals surface area contributed by atoms with Crippen LogP contribution in [0.1, 0.15) is 20.9 Å². The number of aromatic nitrogens is 4. The summed E-state index contributed by atoms with van der Waals surface area (Å²) in [6.07, 6.45) is 5.14. The molecule has 0 atom stereocenters. The molecule has 8 heteroatoms. The van der Waals surface area contributed by atoms with Crippen molar-refractivity contribution < 1.29 is 9.53 Å². The lowest BCUT2D eigenvalue weighted by Gasteiger charge is -2.03. The van der Waals surface area contributed by atoms with E-state index in [-0.39, 0.29) is 5.91 Å². The van der Waals surface area contributed by atoms with E-state index in [1.165, 1.54) is 7.11 Å². The molecule has 124 valence electrons. The summed E-state index contributed by atoms with van der Waals surface area (Å²) in [5, 5.41) is 7.87. The van der Waals surface area contributed by atoms with E-state index in [1.54, 1.807) is 41.7 Å². The van der Waals surface area contributed by atoms with Crippen LogP contribution in [0.2, 0.25) is 0 Å². The van der Waals surface area contributed by atoms with E-state index >= 15 is 0 Å². The van der Waals surface area contributed by atoms with E-state index < -0.39 is 0 Å². The van der Waals surface area contributed by atoms with Crippen LogP contribution in [0.15, 0.2) is 30.7 Å². The highest BCUT2D eigenvalue weighted by Gasteiger charge is 2.17. The highest BCUT2D eigenvalue weighted by atomic mass is 32.1. The normalized spacial score (nSPS) is 10.6. The standard InChI is InChI=1S/C16H17N5O2S/c1-10-13(24-16(19-10)11-5-4-6-17-7-11)8-18-14(22)12-9-21(2)20-15(12)23-3/h4-7,9H,8H2,1-3H3,(H,18,22). The van der Waals surface area contributed by atoms with Gasteiger partial charge in [-0.1, -0.05) is 0 Å². The van der Waals surface area contributed by atoms with Crippen LogP contribution in [-0.2, 0) is 13.6 Å². The molecule has 0 aliphatic heterocycles. The van der Waals surface area contributed by atoms with Crippen LogP contribution < -0.4 is 10.1 Å². The minimum atomic E-state index is -0.226. The highest BCUT2D eigenvalue weighted by molar-refractivity contribution is 7.15. The maximum Gasteiger partial charge on any atom is 0.258 e. The second kappa shape index (κ2) is 6.79. The second-order valence-corrected chi connectivity index (χ2v) is 6.26. The van der Waals surface area contributed by atoms with Gasteiger partial charge in [-0.15, -0.1) is 16.4 Å². The zero-order chi connectivity index (χ0) is 17.1. The van der Waals surface area contributed by atoms with E-state index in [0.29, 0.717) is 18.0 Å². The van der Waals surface area contributed by atoms with Crippen LogP contribution >= 0.6 is 11.3 Å². The Hall–Kier alpha value is -2.74. The number of nitrogens with zero attached hydrogens (tertiary/aromatic N) is 4. The number of methoxy groups -OCH3 is 1. The number of ether oxygens (including phenoxy) is 1. The first-order chi connectivity index (χ1) is 11.6. The van der Waals surface area contributed by atoms with Crippen LogP contribution in [0.4, 0.5) is 0 Å². The lowest BCUT2D eigenvalue weighted by molar-refractivity contribution is 0.0948. The van der Waals surface area contributed by atoms with E-state index in [4.69, 9.17) is 4.74 Å². The summed E-state index contributed by atoms with van der Waals surface area (Å²) in [5.41, 5.74) is 2.28. The van der Waals surface area contributed by atoms with E-state index in [1.807, 2.05) is 19.1 Å². The molecule has 3 aromatic heterocycles. The average Bonchev–Trinajstić information content (AvgIpc) is 3.16. The van der Waals surface area contributed by atoms with Gasteiger partial charge in [-0.05, 0) is 19.1 Å². The van der Waals surface area contributed by atoms with E-state index in [0.717, 1.165) is 21.1 Å². The number of pyridine rings is 1. The van der Waals surface area contributed by atoms with Crippen LogP contribution in [-0.4, -0.2) is 32.8 Å². The number of aryl methyl sites for hydroxylation is 2. The van der Waals surface area contributed by atoms with Crippen LogP contribution in [0.3, 0.4) is 0 Å². The number of nitrogens with one attached hydrogen (secondary N) is 1. The van der Waals surface area contributed by atoms with Crippen molar-refractivity contribution in [3.63, 3.8) is 0 Å². The molecule has 7 nitrogen and oxygen atoms in total. The molecule has 0 saturated carbocycles. The topological polar surface area (TPSA) is 81.9 Å². The Labute approximate surface area is 143 Å². The molecule has 3 aromatic rings. The first kappa shape index (κ1) is 16.1. The van der Waals surface area contributed by atoms with Crippen molar-refractivity contribution in [1.82, 2.24) is 25.1 Å². The number of carbonyl (C=O) groups excluding carboxylic acids is 1. The predicted octanol–water partition coefficient (Wildman–Crippen LogP) is 2.19. The van der Waals surface area contributed by atoms with Crippen molar-refractivity contribution >= 4 is 17.2 Å². The summed E-state index contributed by atoms with van der Waals surface area (Å²) in [5.74, 6) is 0.0859. The average molecular weight is 343 g/mol. The van der Waals surface area contributed by atoms with Gasteiger partial charge in [0.05, 0.1) is 19.3 Å². The summed E-state index contributed by atoms with van der Waals surface area (Å²) in [7, 11) is 3.24. The number of hydrogen-bond acceptors (Lipinski definition) is 6. The van der Waals surface area contributed by atoms with Crippen molar-refractivity contribution in [3.05, 3.63) is 46.9 Å². The molecule has 0 unspecified atom stereocenters. The number of hydrogen-bond donors (Lipinski definition) is 1. The van der Waals surface area contributed by atoms with Crippen molar-refractivity contribution in [2.24, 2.45) is 7.05 Å². The Balaban J connectivity index is 1.73. The van der Waals surface area contributed by atoms with Gasteiger partial charge in [-0.3, -0.25) is 14.5 Å². The fraction of sp³-hybridized carbons (Fsp3) is 0.250. The SMILES string of the molecule is COc1nn(C)cc1C(=O)NCc1sc(-c2cccnc2)nc1C. The Bertz CT molecular complexity index is 857. The number of thiazole rings is 1. The third-order valence-corrected chi connectivity index (χ3v) is 4.65. The Morgan fingerprint density at radius 1 is 1.46 bits per heavy atom. The van der Waals surface area contributed by atoms with Gasteiger partial charge >= 0.3 is 0 Å². The number of amides is 1. The highest BCUT2D eigenvalue weighted by Crippen LogP contribution is 2.27. The summed E-state index contributed by atoms with van der Waals surface area (Å²) in [6.45, 7) is 2.34. The predicted molar refractivity (Wildman–Crippen MR) is 91.0 cm³/mol. The van der Waals surface area contributed by atoms with Gasteiger partial charge in [-0.2, -0.15) is 0 Å². The molecular weight excluding hydrogens is 326 g/mol. The van der Waals surface area contributed by atoms with Crippen molar-refractivity contribution in [2.75, 3.05) is 7.11 Å². The van der Waals surface area contributed by atoms with Gasteiger partial charge in [0.1, 0.15) is 10.6 Å². The molecule has 0 bridgehead atoms. The Morgan fingerprint density at radius 3 is 3.00 bits per heavy atom. The third-order valence-electron chi connectivity index (χ3n) is 3.44. The van der Waals surface area contributed by atoms with Crippen LogP contribution in [0.5, 0.6) is 5.88 Å². The van der Waals surface area contributed by atoms with Gasteiger partial charge < -0.3 is 10.1 Å². The summed E-state index contributed by atoms with van der Waals surface area (Å²) < 4.78 is 6.66. The monoisotopic (exact) mass is 343 g/mol. The summed E-state index contributed by atoms with van der Waals surface area (Å²) >= 11 is 1.55. The largest absolute Gasteiger partial charge is 0.479 e. The molecule has 0 fully saturated rings. The van der Waals surface area contributed by atoms with Gasteiger partial charge in [0, 0.05) is 36.1 Å². The quantitative estimate of drug-likeness (QED) is 0.768. The van der Waals surface area contributed by atoms with E-state index in [2.05, 4.69) is 20.4 Å². The molecule has 1 N–H and O–H groups in total. The molecular formula is C16H17N5O2S. The molecule has 3 rings (SSSR count). The third kappa shape index (κ3) is 3.28. The number of carbonyl (C=O) groups is 1. The lowest BCUT2D eigenvalue weighted by Crippen LogP contribution is -2.22. The molecule has 0 spiro atoms. The molecule has 3 heterocycles. The second-order valence-electron chi connectivity index (χ2n) is 5.18. The molecule has 0 saturated heterocycles. The van der Waals surface area contributed by atoms with Gasteiger partial charge in [0.15, 0.2) is 0 Å². The summed E-state index contributed by atoms with van der Waals surface area (Å²) in [4.78, 5) is 22.0. The van der Waals surface area contributed by atoms with Gasteiger partial charge in [-0.25, -0.2) is 4.98 Å². The van der Waals surface area contributed by atoms with E-state index in [9.17, 15) is 4.79 Å². The minimum Gasteiger partial charge on any atom is -0.479 e. The maximum atomic E-state index is 12.3. The Morgan fingerprint density at radius 2 is 2.29 bits per heavy atom. The molecule has 24 heavy (non-hydrogen) atoms. The molecule has 1 amide bonds. The van der Waals surface area contributed by atoms with Crippen molar-refractivity contribution in [3.8, 4) is 16.5 Å². The van der Waals surface area contributed by atoms with Crippen LogP contribution in [0.25, 0.3) is 10.6 Å². The zero-order valence-electron chi connectivity index (χ0n) is 13.6. The molecule has 0 aliphatic carbocycles. The van der Waals surface area contributed by atoms with Gasteiger partial charge in [0.25, 0.3) is 5.91 Å². The first-order valence-corrected chi connectivity index (χ1v) is 8.12. The molecule has 0 aliphatic rings. The maximum absolute atomic E-state index is 12.3. The smallest absolute Gasteiger partial charge is 0.258 e. The minimum absolute atomic E-state index is 0.226. The zero-order valence-corrected chi connectivity index (χ0v) is 14.4. The Kier molecular flexibility index (Phi) is 4.57. The van der Waals surface area contributed by atoms with Crippen molar-refractivity contribution in [1.29, 1.82) is 0 Å². The molecule has 0 radical (unpaired) electrons. The fourth-order valence-corrected chi connectivity index (χ4v) is 3.23. The first-order valence-electron chi connectivity index (χ1n) is 7.31. The fourth-order valence-electron chi connectivity index (χ4n) is 2.24. The van der Waals surface area contributed by atoms with Crippen LogP contribution in [0, 0.1) is 6.92 Å². The molecule has 0 aromatic carbocycles. The van der Waals surface area contributed by atoms with Gasteiger partial charge in [0.2, 0.25) is 5.88 Å².